The van der Waals surface area contributed by atoms with Crippen molar-refractivity contribution in [3.05, 3.63) is 0 Å². The monoisotopic (exact) mass is 256 g/mol. The van der Waals surface area contributed by atoms with Gasteiger partial charge in [0, 0.05) is 6.61 Å². The average Bonchev–Trinajstić information content (AvgIpc) is 2.35. The lowest BCUT2D eigenvalue weighted by Gasteiger charge is -2.31. The van der Waals surface area contributed by atoms with Gasteiger partial charge in [-0.05, 0) is 45.4 Å². The van der Waals surface area contributed by atoms with Crippen LogP contribution in [0.3, 0.4) is 0 Å². The van der Waals surface area contributed by atoms with Crippen molar-refractivity contribution in [1.29, 1.82) is 0 Å². The van der Waals surface area contributed by atoms with Crippen molar-refractivity contribution in [3.63, 3.8) is 0 Å². The summed E-state index contributed by atoms with van der Waals surface area (Å²) in [6, 6.07) is 0. The molecule has 18 heavy (non-hydrogen) atoms. The largest absolute Gasteiger partial charge is 0.481 e. The van der Waals surface area contributed by atoms with Crippen molar-refractivity contribution in [2.24, 2.45) is 11.3 Å². The molecule has 3 nitrogen and oxygen atoms in total. The second kappa shape index (κ2) is 7.13. The van der Waals surface area contributed by atoms with Gasteiger partial charge >= 0.3 is 5.97 Å². The van der Waals surface area contributed by atoms with Crippen molar-refractivity contribution in [2.75, 3.05) is 6.61 Å². The van der Waals surface area contributed by atoms with Crippen LogP contribution >= 0.6 is 0 Å². The van der Waals surface area contributed by atoms with E-state index in [-0.39, 0.29) is 0 Å². The van der Waals surface area contributed by atoms with Crippen molar-refractivity contribution in [1.82, 2.24) is 0 Å². The fourth-order valence-corrected chi connectivity index (χ4v) is 2.72. The minimum absolute atomic E-state index is 0.414. The zero-order chi connectivity index (χ0) is 13.6. The van der Waals surface area contributed by atoms with Crippen LogP contribution in [0, 0.1) is 11.3 Å². The van der Waals surface area contributed by atoms with E-state index in [9.17, 15) is 4.79 Å². The van der Waals surface area contributed by atoms with E-state index in [4.69, 9.17) is 9.84 Å². The number of ether oxygens (including phenoxy) is 1. The highest BCUT2D eigenvalue weighted by Gasteiger charge is 2.27. The van der Waals surface area contributed by atoms with Gasteiger partial charge in [0.05, 0.1) is 11.5 Å². The maximum atomic E-state index is 11.0. The van der Waals surface area contributed by atoms with Gasteiger partial charge in [0.15, 0.2) is 0 Å². The molecule has 1 rings (SSSR count). The highest BCUT2D eigenvalue weighted by atomic mass is 16.5. The molecule has 2 atom stereocenters. The van der Waals surface area contributed by atoms with Crippen LogP contribution < -0.4 is 0 Å². The average molecular weight is 256 g/mol. The summed E-state index contributed by atoms with van der Waals surface area (Å²) in [5, 5.41) is 9.03. The van der Waals surface area contributed by atoms with Crippen molar-refractivity contribution >= 4 is 5.97 Å². The topological polar surface area (TPSA) is 46.5 Å². The molecule has 0 aromatic heterocycles. The number of hydrogen-bond donors (Lipinski definition) is 1. The molecular formula is C15H28O3. The summed E-state index contributed by atoms with van der Waals surface area (Å²) in [6.45, 7) is 6.51. The summed E-state index contributed by atoms with van der Waals surface area (Å²) < 4.78 is 5.97. The van der Waals surface area contributed by atoms with E-state index in [0.717, 1.165) is 6.42 Å². The van der Waals surface area contributed by atoms with Gasteiger partial charge < -0.3 is 9.84 Å². The molecule has 2 unspecified atom stereocenters. The van der Waals surface area contributed by atoms with Crippen molar-refractivity contribution in [3.8, 4) is 0 Å². The molecule has 0 aromatic rings. The quantitative estimate of drug-likeness (QED) is 0.703. The molecule has 106 valence electrons. The summed E-state index contributed by atoms with van der Waals surface area (Å²) in [5.74, 6) is -0.00200. The second-order valence-electron chi connectivity index (χ2n) is 6.15. The second-order valence-corrected chi connectivity index (χ2v) is 6.15. The van der Waals surface area contributed by atoms with E-state index in [1.807, 2.05) is 0 Å². The van der Waals surface area contributed by atoms with Gasteiger partial charge in [-0.1, -0.05) is 26.2 Å². The Kier molecular flexibility index (Phi) is 6.13. The maximum Gasteiger partial charge on any atom is 0.309 e. The molecule has 0 aliphatic heterocycles. The van der Waals surface area contributed by atoms with Gasteiger partial charge in [-0.3, -0.25) is 4.79 Å². The standard InChI is InChI=1S/C15H28O3/c1-4-12-8-5-6-9-13(12)18-11-7-10-15(2,3)14(16)17/h12-13H,4-11H2,1-3H3,(H,16,17). The van der Waals surface area contributed by atoms with Gasteiger partial charge in [0.2, 0.25) is 0 Å². The summed E-state index contributed by atoms with van der Waals surface area (Å²) in [4.78, 5) is 11.0. The van der Waals surface area contributed by atoms with Gasteiger partial charge in [-0.2, -0.15) is 0 Å². The third-order valence-electron chi connectivity index (χ3n) is 4.22. The highest BCUT2D eigenvalue weighted by Crippen LogP contribution is 2.29. The molecule has 1 fully saturated rings. The van der Waals surface area contributed by atoms with Gasteiger partial charge in [-0.15, -0.1) is 0 Å². The molecule has 1 saturated carbocycles. The SMILES string of the molecule is CCC1CCCCC1OCCCC(C)(C)C(=O)O. The van der Waals surface area contributed by atoms with Crippen molar-refractivity contribution in [2.45, 2.75) is 71.8 Å². The minimum atomic E-state index is -0.716. The summed E-state index contributed by atoms with van der Waals surface area (Å²) in [7, 11) is 0. The van der Waals surface area contributed by atoms with E-state index in [0.29, 0.717) is 25.0 Å². The molecule has 0 spiro atoms. The Morgan fingerprint density at radius 2 is 2.00 bits per heavy atom. The smallest absolute Gasteiger partial charge is 0.309 e. The predicted molar refractivity (Wildman–Crippen MR) is 72.6 cm³/mol. The number of carboxylic acids is 1. The van der Waals surface area contributed by atoms with Gasteiger partial charge in [0.25, 0.3) is 0 Å². The van der Waals surface area contributed by atoms with E-state index in [1.165, 1.54) is 32.1 Å². The van der Waals surface area contributed by atoms with Crippen LogP contribution in [-0.2, 0) is 9.53 Å². The van der Waals surface area contributed by atoms with Crippen LogP contribution in [0.15, 0.2) is 0 Å². The number of hydrogen-bond acceptors (Lipinski definition) is 2. The first kappa shape index (κ1) is 15.5. The van der Waals surface area contributed by atoms with Crippen molar-refractivity contribution < 1.29 is 14.6 Å². The Balaban J connectivity index is 2.22. The van der Waals surface area contributed by atoms with E-state index in [1.54, 1.807) is 13.8 Å². The molecule has 0 bridgehead atoms. The minimum Gasteiger partial charge on any atom is -0.481 e. The van der Waals surface area contributed by atoms with E-state index in [2.05, 4.69) is 6.92 Å². The van der Waals surface area contributed by atoms with Crippen LogP contribution in [0.25, 0.3) is 0 Å². The lowest BCUT2D eigenvalue weighted by atomic mass is 9.84. The molecular weight excluding hydrogens is 228 g/mol. The summed E-state index contributed by atoms with van der Waals surface area (Å²) in [6.07, 6.45) is 8.23. The molecule has 0 saturated heterocycles. The van der Waals surface area contributed by atoms with Crippen LogP contribution in [0.5, 0.6) is 0 Å². The van der Waals surface area contributed by atoms with Gasteiger partial charge in [-0.25, -0.2) is 0 Å². The molecule has 1 aliphatic carbocycles. The predicted octanol–water partition coefficient (Wildman–Crippen LogP) is 3.86. The van der Waals surface area contributed by atoms with E-state index >= 15 is 0 Å². The van der Waals surface area contributed by atoms with Crippen LogP contribution in [0.1, 0.15) is 65.7 Å². The lowest BCUT2D eigenvalue weighted by molar-refractivity contribution is -0.147. The first-order valence-corrected chi connectivity index (χ1v) is 7.32. The third-order valence-corrected chi connectivity index (χ3v) is 4.22. The molecule has 1 N–H and O–H groups in total. The zero-order valence-corrected chi connectivity index (χ0v) is 12.1. The molecule has 3 heteroatoms. The normalized spacial score (nSPS) is 25.1. The summed E-state index contributed by atoms with van der Waals surface area (Å²) in [5.41, 5.74) is -0.625. The number of rotatable bonds is 7. The van der Waals surface area contributed by atoms with E-state index < -0.39 is 11.4 Å². The Morgan fingerprint density at radius 1 is 1.33 bits per heavy atom. The Labute approximate surface area is 111 Å². The molecule has 1 aliphatic rings. The zero-order valence-electron chi connectivity index (χ0n) is 12.1. The first-order valence-electron chi connectivity index (χ1n) is 7.32. The highest BCUT2D eigenvalue weighted by molar-refractivity contribution is 5.73. The lowest BCUT2D eigenvalue weighted by Crippen LogP contribution is -2.28. The number of aliphatic carboxylic acids is 1. The molecule has 0 radical (unpaired) electrons. The Morgan fingerprint density at radius 3 is 2.61 bits per heavy atom. The summed E-state index contributed by atoms with van der Waals surface area (Å²) >= 11 is 0. The molecule has 0 heterocycles. The first-order chi connectivity index (χ1) is 8.47. The van der Waals surface area contributed by atoms with Gasteiger partial charge in [0.1, 0.15) is 0 Å². The fourth-order valence-electron chi connectivity index (χ4n) is 2.72. The van der Waals surface area contributed by atoms with Crippen LogP contribution in [0.2, 0.25) is 0 Å². The molecule has 0 aromatic carbocycles. The number of carboxylic acid groups (broad SMARTS) is 1. The maximum absolute atomic E-state index is 11.0. The van der Waals surface area contributed by atoms with Crippen LogP contribution in [0.4, 0.5) is 0 Å². The molecule has 0 amide bonds. The van der Waals surface area contributed by atoms with Crippen LogP contribution in [-0.4, -0.2) is 23.8 Å². The third kappa shape index (κ3) is 4.60. The number of carbonyl (C=O) groups is 1. The Bertz CT molecular complexity index is 260. The fraction of sp³-hybridized carbons (Fsp3) is 0.933. The Hall–Kier alpha value is -0.570.